The molecule has 0 spiro atoms. The highest BCUT2D eigenvalue weighted by molar-refractivity contribution is 5.91. The number of aryl methyl sites for hydroxylation is 1. The predicted octanol–water partition coefficient (Wildman–Crippen LogP) is 2.16. The van der Waals surface area contributed by atoms with Crippen molar-refractivity contribution in [2.24, 2.45) is 7.05 Å². The third-order valence-electron chi connectivity index (χ3n) is 2.72. The fraction of sp³-hybridized carbons (Fsp3) is 0.385. The molecule has 0 atom stereocenters. The first-order chi connectivity index (χ1) is 10.8. The van der Waals surface area contributed by atoms with E-state index in [2.05, 4.69) is 20.4 Å². The molecule has 2 rings (SSSR count). The zero-order valence-corrected chi connectivity index (χ0v) is 12.4. The molecular weight excluding hydrogens is 315 g/mol. The summed E-state index contributed by atoms with van der Waals surface area (Å²) in [6.07, 6.45) is -1.39. The van der Waals surface area contributed by atoms with Crippen LogP contribution in [0.4, 0.5) is 13.2 Å². The first kappa shape index (κ1) is 16.7. The molecule has 2 aromatic rings. The Bertz CT molecular complexity index is 699. The molecule has 124 valence electrons. The fourth-order valence-corrected chi connectivity index (χ4v) is 1.63. The largest absolute Gasteiger partial charge is 0.435 e. The monoisotopic (exact) mass is 329 g/mol. The van der Waals surface area contributed by atoms with Crippen LogP contribution >= 0.6 is 0 Å². The Balaban J connectivity index is 2.18. The Hall–Kier alpha value is -2.65. The van der Waals surface area contributed by atoms with Crippen LogP contribution in [0.25, 0.3) is 0 Å². The Morgan fingerprint density at radius 2 is 2.13 bits per heavy atom. The van der Waals surface area contributed by atoms with E-state index in [4.69, 9.17) is 4.74 Å². The SMILES string of the molecule is CCCNC(=O)c1cncc(Oc2cc(C(F)(F)F)nn2C)n1. The second-order valence-electron chi connectivity index (χ2n) is 4.59. The summed E-state index contributed by atoms with van der Waals surface area (Å²) in [5, 5.41) is 5.93. The number of carbonyl (C=O) groups excluding carboxylic acids is 1. The van der Waals surface area contributed by atoms with Crippen molar-refractivity contribution in [2.45, 2.75) is 19.5 Å². The van der Waals surface area contributed by atoms with E-state index in [1.54, 1.807) is 0 Å². The molecule has 0 fully saturated rings. The third kappa shape index (κ3) is 4.18. The molecule has 0 radical (unpaired) electrons. The summed E-state index contributed by atoms with van der Waals surface area (Å²) in [7, 11) is 1.30. The number of carbonyl (C=O) groups is 1. The van der Waals surface area contributed by atoms with Crippen LogP contribution in [0.15, 0.2) is 18.5 Å². The number of alkyl halides is 3. The Labute approximate surface area is 129 Å². The number of ether oxygens (including phenoxy) is 1. The third-order valence-corrected chi connectivity index (χ3v) is 2.72. The molecule has 0 saturated heterocycles. The molecule has 0 bridgehead atoms. The van der Waals surface area contributed by atoms with E-state index in [1.165, 1.54) is 19.4 Å². The van der Waals surface area contributed by atoms with Gasteiger partial charge in [0.25, 0.3) is 5.91 Å². The molecule has 23 heavy (non-hydrogen) atoms. The lowest BCUT2D eigenvalue weighted by molar-refractivity contribution is -0.141. The van der Waals surface area contributed by atoms with Gasteiger partial charge in [-0.15, -0.1) is 0 Å². The molecule has 0 aliphatic heterocycles. The summed E-state index contributed by atoms with van der Waals surface area (Å²) in [5.41, 5.74) is -1.08. The maximum Gasteiger partial charge on any atom is 0.435 e. The lowest BCUT2D eigenvalue weighted by atomic mass is 10.4. The molecule has 0 unspecified atom stereocenters. The van der Waals surface area contributed by atoms with Crippen molar-refractivity contribution in [1.82, 2.24) is 25.1 Å². The predicted molar refractivity (Wildman–Crippen MR) is 72.9 cm³/mol. The van der Waals surface area contributed by atoms with Crippen LogP contribution in [0.5, 0.6) is 11.8 Å². The molecule has 2 heterocycles. The first-order valence-corrected chi connectivity index (χ1v) is 6.70. The highest BCUT2D eigenvalue weighted by atomic mass is 19.4. The topological polar surface area (TPSA) is 81.9 Å². The first-order valence-electron chi connectivity index (χ1n) is 6.70. The minimum absolute atomic E-state index is 0.00848. The Morgan fingerprint density at radius 3 is 2.74 bits per heavy atom. The van der Waals surface area contributed by atoms with E-state index in [-0.39, 0.29) is 17.5 Å². The van der Waals surface area contributed by atoms with Crippen molar-refractivity contribution >= 4 is 5.91 Å². The summed E-state index contributed by atoms with van der Waals surface area (Å²) in [6.45, 7) is 2.37. The lowest BCUT2D eigenvalue weighted by Gasteiger charge is -2.06. The number of aromatic nitrogens is 4. The van der Waals surface area contributed by atoms with Gasteiger partial charge in [0.15, 0.2) is 5.69 Å². The number of hydrogen-bond donors (Lipinski definition) is 1. The van der Waals surface area contributed by atoms with Crippen LogP contribution in [0.1, 0.15) is 29.5 Å². The normalized spacial score (nSPS) is 11.3. The molecular formula is C13H14F3N5O2. The Morgan fingerprint density at radius 1 is 1.39 bits per heavy atom. The summed E-state index contributed by atoms with van der Waals surface area (Å²) < 4.78 is 43.9. The van der Waals surface area contributed by atoms with Crippen LogP contribution < -0.4 is 10.1 Å². The highest BCUT2D eigenvalue weighted by Crippen LogP contribution is 2.31. The van der Waals surface area contributed by atoms with Gasteiger partial charge in [-0.3, -0.25) is 9.78 Å². The molecule has 1 N–H and O–H groups in total. The van der Waals surface area contributed by atoms with E-state index in [1.807, 2.05) is 6.92 Å². The number of nitrogens with one attached hydrogen (secondary N) is 1. The van der Waals surface area contributed by atoms with E-state index < -0.39 is 17.8 Å². The average molecular weight is 329 g/mol. The summed E-state index contributed by atoms with van der Waals surface area (Å²) in [6, 6.07) is 0.742. The second kappa shape index (κ2) is 6.63. The zero-order valence-electron chi connectivity index (χ0n) is 12.4. The Kier molecular flexibility index (Phi) is 4.82. The van der Waals surface area contributed by atoms with Gasteiger partial charge in [-0.1, -0.05) is 6.92 Å². The minimum atomic E-state index is -4.58. The summed E-state index contributed by atoms with van der Waals surface area (Å²) in [5.74, 6) is -0.714. The van der Waals surface area contributed by atoms with E-state index in [0.29, 0.717) is 6.54 Å². The number of hydrogen-bond acceptors (Lipinski definition) is 5. The molecule has 0 aliphatic carbocycles. The van der Waals surface area contributed by atoms with Crippen molar-refractivity contribution in [1.29, 1.82) is 0 Å². The molecule has 0 aliphatic rings. The quantitative estimate of drug-likeness (QED) is 0.909. The van der Waals surface area contributed by atoms with Crippen LogP contribution in [-0.2, 0) is 13.2 Å². The second-order valence-corrected chi connectivity index (χ2v) is 4.59. The maximum atomic E-state index is 12.6. The lowest BCUT2D eigenvalue weighted by Crippen LogP contribution is -2.25. The molecule has 10 heteroatoms. The van der Waals surface area contributed by atoms with Gasteiger partial charge in [0, 0.05) is 19.7 Å². The fourth-order valence-electron chi connectivity index (χ4n) is 1.63. The van der Waals surface area contributed by atoms with Gasteiger partial charge in [-0.2, -0.15) is 18.3 Å². The van der Waals surface area contributed by atoms with E-state index in [9.17, 15) is 18.0 Å². The van der Waals surface area contributed by atoms with E-state index in [0.717, 1.165) is 17.2 Å². The van der Waals surface area contributed by atoms with Crippen LogP contribution in [0, 0.1) is 0 Å². The molecule has 2 aromatic heterocycles. The molecule has 7 nitrogen and oxygen atoms in total. The smallest absolute Gasteiger partial charge is 0.419 e. The van der Waals surface area contributed by atoms with Crippen LogP contribution in [-0.4, -0.2) is 32.2 Å². The number of rotatable bonds is 5. The maximum absolute atomic E-state index is 12.6. The average Bonchev–Trinajstić information content (AvgIpc) is 2.86. The van der Waals surface area contributed by atoms with Crippen LogP contribution in [0.2, 0.25) is 0 Å². The van der Waals surface area contributed by atoms with Gasteiger partial charge in [0.05, 0.1) is 12.4 Å². The number of halogens is 3. The van der Waals surface area contributed by atoms with Gasteiger partial charge in [0.2, 0.25) is 11.8 Å². The standard InChI is InChI=1S/C13H14F3N5O2/c1-3-4-18-12(22)8-6-17-7-10(19-8)23-11-5-9(13(14,15)16)20-21(11)2/h5-7H,3-4H2,1-2H3,(H,18,22). The van der Waals surface area contributed by atoms with Gasteiger partial charge in [-0.25, -0.2) is 9.67 Å². The van der Waals surface area contributed by atoms with Gasteiger partial charge in [-0.05, 0) is 6.42 Å². The van der Waals surface area contributed by atoms with Crippen molar-refractivity contribution in [3.8, 4) is 11.8 Å². The van der Waals surface area contributed by atoms with E-state index >= 15 is 0 Å². The van der Waals surface area contributed by atoms with Gasteiger partial charge < -0.3 is 10.1 Å². The van der Waals surface area contributed by atoms with Gasteiger partial charge >= 0.3 is 6.18 Å². The number of amides is 1. The highest BCUT2D eigenvalue weighted by Gasteiger charge is 2.35. The molecule has 0 saturated carbocycles. The molecule has 1 amide bonds. The summed E-state index contributed by atoms with van der Waals surface area (Å²) >= 11 is 0. The van der Waals surface area contributed by atoms with Crippen LogP contribution in [0.3, 0.4) is 0 Å². The summed E-state index contributed by atoms with van der Waals surface area (Å²) in [4.78, 5) is 19.5. The minimum Gasteiger partial charge on any atom is -0.419 e. The zero-order chi connectivity index (χ0) is 17.0. The van der Waals surface area contributed by atoms with Crippen molar-refractivity contribution in [2.75, 3.05) is 6.54 Å². The van der Waals surface area contributed by atoms with Gasteiger partial charge in [0.1, 0.15) is 5.69 Å². The van der Waals surface area contributed by atoms with Crippen molar-refractivity contribution in [3.63, 3.8) is 0 Å². The molecule has 0 aromatic carbocycles. The number of nitrogens with zero attached hydrogens (tertiary/aromatic N) is 4. The van der Waals surface area contributed by atoms with Crippen molar-refractivity contribution in [3.05, 3.63) is 29.8 Å². The van der Waals surface area contributed by atoms with Crippen molar-refractivity contribution < 1.29 is 22.7 Å².